The summed E-state index contributed by atoms with van der Waals surface area (Å²) in [6.07, 6.45) is 3.80. The van der Waals surface area contributed by atoms with Crippen LogP contribution >= 0.6 is 0 Å². The summed E-state index contributed by atoms with van der Waals surface area (Å²) in [4.78, 5) is 21.8. The number of hydrogen-bond donors (Lipinski definition) is 3. The lowest BCUT2D eigenvalue weighted by Crippen LogP contribution is -2.22. The van der Waals surface area contributed by atoms with Crippen LogP contribution in [0.15, 0.2) is 60.9 Å². The molecule has 0 unspecified atom stereocenters. The summed E-state index contributed by atoms with van der Waals surface area (Å²) in [5.74, 6) is -0.118. The summed E-state index contributed by atoms with van der Waals surface area (Å²) >= 11 is 0. The molecule has 4 N–H and O–H groups in total. The number of carbonyl (C=O) groups is 1. The summed E-state index contributed by atoms with van der Waals surface area (Å²) in [6.45, 7) is 0.838. The van der Waals surface area contributed by atoms with Crippen LogP contribution in [0.1, 0.15) is 15.9 Å². The van der Waals surface area contributed by atoms with Gasteiger partial charge < -0.3 is 20.9 Å². The monoisotopic (exact) mass is 399 g/mol. The van der Waals surface area contributed by atoms with Gasteiger partial charge in [0.2, 0.25) is 0 Å². The topological polar surface area (TPSA) is 87.0 Å². The summed E-state index contributed by atoms with van der Waals surface area (Å²) in [5, 5.41) is 4.20. The molecule has 0 aliphatic heterocycles. The van der Waals surface area contributed by atoms with E-state index in [1.807, 2.05) is 31.6 Å². The van der Waals surface area contributed by atoms with Gasteiger partial charge in [-0.15, -0.1) is 0 Å². The van der Waals surface area contributed by atoms with E-state index in [-0.39, 0.29) is 5.91 Å². The third kappa shape index (κ3) is 3.65. The number of aromatic amines is 1. The Kier molecular flexibility index (Phi) is 5.25. The Morgan fingerprint density at radius 2 is 1.80 bits per heavy atom. The lowest BCUT2D eigenvalue weighted by atomic mass is 9.99. The minimum atomic E-state index is -0.118. The zero-order valence-corrected chi connectivity index (χ0v) is 17.4. The number of nitrogens with two attached hydrogens (primary N) is 1. The largest absolute Gasteiger partial charge is 0.398 e. The number of H-pyrrole nitrogens is 1. The molecule has 0 fully saturated rings. The quantitative estimate of drug-likeness (QED) is 0.444. The van der Waals surface area contributed by atoms with E-state index in [2.05, 4.69) is 45.6 Å². The fourth-order valence-corrected chi connectivity index (χ4v) is 3.57. The van der Waals surface area contributed by atoms with Crippen LogP contribution in [-0.2, 0) is 6.54 Å². The van der Waals surface area contributed by atoms with Gasteiger partial charge in [0.1, 0.15) is 5.65 Å². The van der Waals surface area contributed by atoms with E-state index in [9.17, 15) is 4.79 Å². The molecule has 4 rings (SSSR count). The molecular weight excluding hydrogens is 374 g/mol. The van der Waals surface area contributed by atoms with Gasteiger partial charge in [-0.25, -0.2) is 4.98 Å². The minimum absolute atomic E-state index is 0.118. The lowest BCUT2D eigenvalue weighted by Gasteiger charge is -2.13. The van der Waals surface area contributed by atoms with Crippen molar-refractivity contribution in [3.05, 3.63) is 72.1 Å². The molecule has 1 amide bonds. The van der Waals surface area contributed by atoms with Gasteiger partial charge in [-0.05, 0) is 41.9 Å². The second kappa shape index (κ2) is 8.00. The van der Waals surface area contributed by atoms with Crippen LogP contribution in [0.3, 0.4) is 0 Å². The van der Waals surface area contributed by atoms with E-state index >= 15 is 0 Å². The number of anilines is 1. The highest BCUT2D eigenvalue weighted by Crippen LogP contribution is 2.32. The average molecular weight is 399 g/mol. The molecule has 0 radical (unpaired) electrons. The Hall–Kier alpha value is -3.64. The fraction of sp³-hybridized carbons (Fsp3) is 0.167. The summed E-state index contributed by atoms with van der Waals surface area (Å²) < 4.78 is 0. The number of carbonyl (C=O) groups excluding carboxylic acids is 1. The van der Waals surface area contributed by atoms with E-state index in [0.717, 1.165) is 39.8 Å². The predicted octanol–water partition coefficient (Wildman–Crippen LogP) is 3.90. The van der Waals surface area contributed by atoms with Crippen LogP contribution in [-0.4, -0.2) is 41.9 Å². The number of benzene rings is 2. The zero-order chi connectivity index (χ0) is 21.3. The van der Waals surface area contributed by atoms with Crippen LogP contribution in [0.4, 0.5) is 5.69 Å². The highest BCUT2D eigenvalue weighted by atomic mass is 16.2. The zero-order valence-electron chi connectivity index (χ0n) is 17.4. The number of pyridine rings is 1. The highest BCUT2D eigenvalue weighted by molar-refractivity contribution is 6.01. The van der Waals surface area contributed by atoms with Gasteiger partial charge >= 0.3 is 0 Å². The number of rotatable bonds is 5. The first-order valence-corrected chi connectivity index (χ1v) is 9.80. The van der Waals surface area contributed by atoms with E-state index in [1.54, 1.807) is 20.2 Å². The number of nitrogens with one attached hydrogen (secondary N) is 2. The number of fused-ring (bicyclic) bond motifs is 1. The normalized spacial score (nSPS) is 11.0. The predicted molar refractivity (Wildman–Crippen MR) is 122 cm³/mol. The molecule has 6 heteroatoms. The molecule has 0 aliphatic carbocycles. The Bertz CT molecular complexity index is 1210. The maximum absolute atomic E-state index is 12.5. The van der Waals surface area contributed by atoms with Gasteiger partial charge in [0.05, 0.1) is 5.56 Å². The molecule has 4 aromatic rings. The molecule has 0 saturated carbocycles. The molecule has 0 aliphatic rings. The van der Waals surface area contributed by atoms with E-state index in [1.165, 1.54) is 10.5 Å². The molecule has 2 aromatic carbocycles. The second-order valence-electron chi connectivity index (χ2n) is 7.55. The summed E-state index contributed by atoms with van der Waals surface area (Å²) in [5.41, 5.74) is 13.1. The van der Waals surface area contributed by atoms with Crippen molar-refractivity contribution in [1.29, 1.82) is 0 Å². The number of nitrogens with zero attached hydrogens (tertiary/aromatic N) is 2. The van der Waals surface area contributed by atoms with Gasteiger partial charge in [0, 0.05) is 55.2 Å². The Balaban J connectivity index is 1.76. The standard InChI is InChI=1S/C24H25N5O/c1-26-12-15-4-6-16(7-5-15)21-14-28-23-19(21)11-18(13-27-23)17-8-9-22(25)20(10-17)24(30)29(2)3/h4-11,13-14,26H,12,25H2,1-3H3,(H,27,28). The van der Waals surface area contributed by atoms with E-state index < -0.39 is 0 Å². The van der Waals surface area contributed by atoms with Crippen LogP contribution in [0, 0.1) is 0 Å². The van der Waals surface area contributed by atoms with Crippen molar-refractivity contribution in [2.75, 3.05) is 26.9 Å². The van der Waals surface area contributed by atoms with Gasteiger partial charge in [-0.1, -0.05) is 30.3 Å². The van der Waals surface area contributed by atoms with Crippen molar-refractivity contribution in [2.24, 2.45) is 0 Å². The van der Waals surface area contributed by atoms with Crippen molar-refractivity contribution < 1.29 is 4.79 Å². The molecule has 2 heterocycles. The molecule has 30 heavy (non-hydrogen) atoms. The fourth-order valence-electron chi connectivity index (χ4n) is 3.57. The minimum Gasteiger partial charge on any atom is -0.398 e. The van der Waals surface area contributed by atoms with Crippen LogP contribution in [0.2, 0.25) is 0 Å². The van der Waals surface area contributed by atoms with Crippen LogP contribution < -0.4 is 11.1 Å². The summed E-state index contributed by atoms with van der Waals surface area (Å²) in [6, 6.07) is 16.1. The second-order valence-corrected chi connectivity index (χ2v) is 7.55. The first-order chi connectivity index (χ1) is 14.5. The Morgan fingerprint density at radius 1 is 1.07 bits per heavy atom. The first-order valence-electron chi connectivity index (χ1n) is 9.80. The number of nitrogen functional groups attached to an aromatic ring is 1. The number of amides is 1. The maximum atomic E-state index is 12.5. The van der Waals surface area contributed by atoms with Crippen LogP contribution in [0.5, 0.6) is 0 Å². The van der Waals surface area contributed by atoms with Crippen molar-refractivity contribution >= 4 is 22.6 Å². The van der Waals surface area contributed by atoms with Crippen LogP contribution in [0.25, 0.3) is 33.3 Å². The highest BCUT2D eigenvalue weighted by Gasteiger charge is 2.14. The Labute approximate surface area is 175 Å². The van der Waals surface area contributed by atoms with Crippen molar-refractivity contribution in [3.8, 4) is 22.3 Å². The molecular formula is C24H25N5O. The van der Waals surface area contributed by atoms with Gasteiger partial charge in [0.25, 0.3) is 5.91 Å². The van der Waals surface area contributed by atoms with E-state index in [4.69, 9.17) is 5.73 Å². The number of aromatic nitrogens is 2. The van der Waals surface area contributed by atoms with Gasteiger partial charge in [-0.3, -0.25) is 4.79 Å². The molecule has 0 atom stereocenters. The summed E-state index contributed by atoms with van der Waals surface area (Å²) in [7, 11) is 5.38. The smallest absolute Gasteiger partial charge is 0.255 e. The van der Waals surface area contributed by atoms with Crippen molar-refractivity contribution in [3.63, 3.8) is 0 Å². The van der Waals surface area contributed by atoms with Crippen molar-refractivity contribution in [1.82, 2.24) is 20.2 Å². The maximum Gasteiger partial charge on any atom is 0.255 e. The van der Waals surface area contributed by atoms with Crippen molar-refractivity contribution in [2.45, 2.75) is 6.54 Å². The molecule has 152 valence electrons. The SMILES string of the molecule is CNCc1ccc(-c2c[nH]c3ncc(-c4ccc(N)c(C(=O)N(C)C)c4)cc23)cc1. The average Bonchev–Trinajstić information content (AvgIpc) is 3.17. The molecule has 0 bridgehead atoms. The first kappa shape index (κ1) is 19.7. The van der Waals surface area contributed by atoms with Gasteiger partial charge in [-0.2, -0.15) is 0 Å². The lowest BCUT2D eigenvalue weighted by molar-refractivity contribution is 0.0828. The molecule has 6 nitrogen and oxygen atoms in total. The molecule has 0 spiro atoms. The Morgan fingerprint density at radius 3 is 2.50 bits per heavy atom. The molecule has 0 saturated heterocycles. The van der Waals surface area contributed by atoms with E-state index in [0.29, 0.717) is 11.3 Å². The molecule has 2 aromatic heterocycles. The number of hydrogen-bond acceptors (Lipinski definition) is 4. The third-order valence-electron chi connectivity index (χ3n) is 5.20. The van der Waals surface area contributed by atoms with Gasteiger partial charge in [0.15, 0.2) is 0 Å². The third-order valence-corrected chi connectivity index (χ3v) is 5.20.